The van der Waals surface area contributed by atoms with Gasteiger partial charge in [-0.25, -0.2) is 0 Å². The Kier molecular flexibility index (Phi) is 2.60. The van der Waals surface area contributed by atoms with Crippen LogP contribution < -0.4 is 5.32 Å². The van der Waals surface area contributed by atoms with Crippen molar-refractivity contribution in [1.29, 1.82) is 0 Å². The summed E-state index contributed by atoms with van der Waals surface area (Å²) in [5.41, 5.74) is 1.35. The van der Waals surface area contributed by atoms with Crippen LogP contribution in [0, 0.1) is 0 Å². The fraction of sp³-hybridized carbons (Fsp3) is 0.286. The van der Waals surface area contributed by atoms with Crippen LogP contribution in [0.2, 0.25) is 0 Å². The molecule has 2 aromatic rings. The van der Waals surface area contributed by atoms with Crippen molar-refractivity contribution in [2.75, 3.05) is 19.8 Å². The first-order valence-corrected chi connectivity index (χ1v) is 5.74. The van der Waals surface area contributed by atoms with Gasteiger partial charge in [-0.1, -0.05) is 42.5 Å². The highest BCUT2D eigenvalue weighted by atomic mass is 16.5. The number of ether oxygens (including phenoxy) is 1. The molecule has 1 unspecified atom stereocenters. The maximum Gasteiger partial charge on any atom is 0.0662 e. The molecule has 1 atom stereocenters. The Balaban J connectivity index is 2.08. The molecule has 0 aromatic heterocycles. The van der Waals surface area contributed by atoms with Gasteiger partial charge in [0.1, 0.15) is 0 Å². The fourth-order valence-corrected chi connectivity index (χ4v) is 2.32. The maximum atomic E-state index is 5.52. The Labute approximate surface area is 95.2 Å². The summed E-state index contributed by atoms with van der Waals surface area (Å²) in [6, 6.07) is 15.3. The normalized spacial score (nSPS) is 21.1. The highest BCUT2D eigenvalue weighted by Crippen LogP contribution is 2.25. The molecule has 1 saturated heterocycles. The lowest BCUT2D eigenvalue weighted by atomic mass is 9.99. The quantitative estimate of drug-likeness (QED) is 0.786. The largest absolute Gasteiger partial charge is 0.378 e. The topological polar surface area (TPSA) is 21.3 Å². The van der Waals surface area contributed by atoms with Gasteiger partial charge in [-0.05, 0) is 16.3 Å². The van der Waals surface area contributed by atoms with Crippen molar-refractivity contribution >= 4 is 10.8 Å². The van der Waals surface area contributed by atoms with Crippen molar-refractivity contribution in [3.8, 4) is 0 Å². The van der Waals surface area contributed by atoms with E-state index in [9.17, 15) is 0 Å². The second-order valence-corrected chi connectivity index (χ2v) is 4.15. The highest BCUT2D eigenvalue weighted by molar-refractivity contribution is 5.86. The molecular weight excluding hydrogens is 198 g/mol. The summed E-state index contributed by atoms with van der Waals surface area (Å²) >= 11 is 0. The first-order valence-electron chi connectivity index (χ1n) is 5.74. The van der Waals surface area contributed by atoms with Gasteiger partial charge in [0, 0.05) is 6.54 Å². The molecule has 0 spiro atoms. The molecule has 2 heteroatoms. The van der Waals surface area contributed by atoms with Crippen LogP contribution in [0.15, 0.2) is 42.5 Å². The van der Waals surface area contributed by atoms with Crippen LogP contribution in [0.4, 0.5) is 0 Å². The van der Waals surface area contributed by atoms with Gasteiger partial charge in [0.15, 0.2) is 0 Å². The number of nitrogens with one attached hydrogen (secondary N) is 1. The number of benzene rings is 2. The molecule has 1 heterocycles. The third-order valence-electron chi connectivity index (χ3n) is 3.12. The van der Waals surface area contributed by atoms with E-state index < -0.39 is 0 Å². The average molecular weight is 213 g/mol. The molecule has 0 radical (unpaired) electrons. The molecule has 2 aromatic carbocycles. The van der Waals surface area contributed by atoms with Crippen LogP contribution >= 0.6 is 0 Å². The monoisotopic (exact) mass is 213 g/mol. The van der Waals surface area contributed by atoms with Gasteiger partial charge < -0.3 is 10.1 Å². The lowest BCUT2D eigenvalue weighted by Crippen LogP contribution is -2.34. The van der Waals surface area contributed by atoms with E-state index in [2.05, 4.69) is 47.8 Å². The van der Waals surface area contributed by atoms with Crippen molar-refractivity contribution in [3.05, 3.63) is 48.0 Å². The Morgan fingerprint density at radius 3 is 2.81 bits per heavy atom. The minimum atomic E-state index is 0.333. The van der Waals surface area contributed by atoms with E-state index in [1.807, 2.05) is 0 Å². The highest BCUT2D eigenvalue weighted by Gasteiger charge is 2.16. The summed E-state index contributed by atoms with van der Waals surface area (Å²) in [5, 5.41) is 6.13. The van der Waals surface area contributed by atoms with Gasteiger partial charge in [-0.2, -0.15) is 0 Å². The summed E-state index contributed by atoms with van der Waals surface area (Å²) in [5.74, 6) is 0. The molecule has 0 amide bonds. The Morgan fingerprint density at radius 1 is 1.06 bits per heavy atom. The fourth-order valence-electron chi connectivity index (χ4n) is 2.32. The van der Waals surface area contributed by atoms with Crippen LogP contribution in [0.25, 0.3) is 10.8 Å². The van der Waals surface area contributed by atoms with Crippen LogP contribution in [-0.2, 0) is 4.74 Å². The van der Waals surface area contributed by atoms with Gasteiger partial charge in [-0.15, -0.1) is 0 Å². The SMILES string of the molecule is c1ccc2c(C3COCCN3)cccc2c1. The van der Waals surface area contributed by atoms with Crippen molar-refractivity contribution in [2.45, 2.75) is 6.04 Å². The second-order valence-electron chi connectivity index (χ2n) is 4.15. The van der Waals surface area contributed by atoms with E-state index >= 15 is 0 Å². The average Bonchev–Trinajstić information content (AvgIpc) is 2.39. The lowest BCUT2D eigenvalue weighted by molar-refractivity contribution is 0.0773. The van der Waals surface area contributed by atoms with E-state index in [4.69, 9.17) is 4.74 Å². The van der Waals surface area contributed by atoms with Crippen molar-refractivity contribution in [1.82, 2.24) is 5.32 Å². The molecule has 0 saturated carbocycles. The van der Waals surface area contributed by atoms with Gasteiger partial charge in [0.25, 0.3) is 0 Å². The first-order chi connectivity index (χ1) is 7.95. The van der Waals surface area contributed by atoms with E-state index in [1.165, 1.54) is 16.3 Å². The second kappa shape index (κ2) is 4.24. The van der Waals surface area contributed by atoms with E-state index in [0.717, 1.165) is 19.8 Å². The maximum absolute atomic E-state index is 5.52. The van der Waals surface area contributed by atoms with Crippen molar-refractivity contribution in [2.24, 2.45) is 0 Å². The van der Waals surface area contributed by atoms with Gasteiger partial charge in [0.05, 0.1) is 19.3 Å². The standard InChI is InChI=1S/C14H15NO/c1-2-6-12-11(4-1)5-3-7-13(12)14-10-16-9-8-15-14/h1-7,14-15H,8-10H2. The van der Waals surface area contributed by atoms with Crippen molar-refractivity contribution < 1.29 is 4.74 Å². The molecule has 3 rings (SSSR count). The Hall–Kier alpha value is -1.38. The molecule has 1 fully saturated rings. The predicted molar refractivity (Wildman–Crippen MR) is 65.5 cm³/mol. The van der Waals surface area contributed by atoms with Gasteiger partial charge >= 0.3 is 0 Å². The number of hydrogen-bond acceptors (Lipinski definition) is 2. The van der Waals surface area contributed by atoms with Crippen LogP contribution in [-0.4, -0.2) is 19.8 Å². The van der Waals surface area contributed by atoms with Crippen LogP contribution in [0.5, 0.6) is 0 Å². The Morgan fingerprint density at radius 2 is 1.94 bits per heavy atom. The minimum Gasteiger partial charge on any atom is -0.378 e. The van der Waals surface area contributed by atoms with E-state index in [1.54, 1.807) is 0 Å². The zero-order valence-corrected chi connectivity index (χ0v) is 9.15. The third kappa shape index (κ3) is 1.70. The molecular formula is C14H15NO. The molecule has 1 N–H and O–H groups in total. The molecule has 82 valence electrons. The smallest absolute Gasteiger partial charge is 0.0662 e. The third-order valence-corrected chi connectivity index (χ3v) is 3.12. The lowest BCUT2D eigenvalue weighted by Gasteiger charge is -2.25. The molecule has 16 heavy (non-hydrogen) atoms. The molecule has 0 bridgehead atoms. The summed E-state index contributed by atoms with van der Waals surface area (Å²) in [4.78, 5) is 0. The first kappa shape index (κ1) is 9.82. The number of rotatable bonds is 1. The number of morpholine rings is 1. The van der Waals surface area contributed by atoms with Crippen LogP contribution in [0.1, 0.15) is 11.6 Å². The van der Waals surface area contributed by atoms with E-state index in [0.29, 0.717) is 6.04 Å². The number of hydrogen-bond donors (Lipinski definition) is 1. The zero-order valence-electron chi connectivity index (χ0n) is 9.15. The van der Waals surface area contributed by atoms with Crippen LogP contribution in [0.3, 0.4) is 0 Å². The van der Waals surface area contributed by atoms with E-state index in [-0.39, 0.29) is 0 Å². The zero-order chi connectivity index (χ0) is 10.8. The van der Waals surface area contributed by atoms with Gasteiger partial charge in [0.2, 0.25) is 0 Å². The molecule has 0 aliphatic carbocycles. The predicted octanol–water partition coefficient (Wildman–Crippen LogP) is 2.50. The molecule has 2 nitrogen and oxygen atoms in total. The molecule has 1 aliphatic heterocycles. The Bertz CT molecular complexity index is 484. The summed E-state index contributed by atoms with van der Waals surface area (Å²) < 4.78 is 5.52. The molecule has 1 aliphatic rings. The van der Waals surface area contributed by atoms with Crippen molar-refractivity contribution in [3.63, 3.8) is 0 Å². The minimum absolute atomic E-state index is 0.333. The number of fused-ring (bicyclic) bond motifs is 1. The summed E-state index contributed by atoms with van der Waals surface area (Å²) in [6.45, 7) is 2.53. The van der Waals surface area contributed by atoms with Gasteiger partial charge in [-0.3, -0.25) is 0 Å². The summed E-state index contributed by atoms with van der Waals surface area (Å²) in [6.07, 6.45) is 0. The summed E-state index contributed by atoms with van der Waals surface area (Å²) in [7, 11) is 0.